The van der Waals surface area contributed by atoms with Gasteiger partial charge >= 0.3 is 0 Å². The minimum atomic E-state index is -0.310. The van der Waals surface area contributed by atoms with Crippen molar-refractivity contribution >= 4 is 5.65 Å². The molecule has 0 spiro atoms. The molecule has 0 saturated heterocycles. The maximum Gasteiger partial charge on any atom is 0.137 e. The van der Waals surface area contributed by atoms with Gasteiger partial charge in [0.15, 0.2) is 0 Å². The van der Waals surface area contributed by atoms with Gasteiger partial charge in [0.05, 0.1) is 17.6 Å². The quantitative estimate of drug-likeness (QED) is 0.382. The van der Waals surface area contributed by atoms with Crippen molar-refractivity contribution in [2.24, 2.45) is 0 Å². The van der Waals surface area contributed by atoms with Gasteiger partial charge < -0.3 is 0 Å². The number of benzene rings is 2. The third-order valence-electron chi connectivity index (χ3n) is 4.88. The van der Waals surface area contributed by atoms with E-state index in [1.165, 1.54) is 18.2 Å². The lowest BCUT2D eigenvalue weighted by Gasteiger charge is -2.07. The van der Waals surface area contributed by atoms with Crippen molar-refractivity contribution in [3.8, 4) is 33.6 Å². The molecule has 3 aromatic heterocycles. The number of fused-ring (bicyclic) bond motifs is 1. The van der Waals surface area contributed by atoms with E-state index in [1.807, 2.05) is 40.9 Å². The number of pyridine rings is 2. The zero-order valence-corrected chi connectivity index (χ0v) is 15.3. The second kappa shape index (κ2) is 6.95. The van der Waals surface area contributed by atoms with E-state index in [4.69, 9.17) is 0 Å². The molecule has 5 aromatic rings. The zero-order chi connectivity index (χ0) is 19.8. The summed E-state index contributed by atoms with van der Waals surface area (Å²) in [5.74, 6) is -0.584. The molecule has 29 heavy (non-hydrogen) atoms. The molecular formula is C24H15F2N3. The number of nitrogens with zero attached hydrogens (tertiary/aromatic N) is 3. The Morgan fingerprint density at radius 1 is 0.724 bits per heavy atom. The van der Waals surface area contributed by atoms with Crippen LogP contribution in [0, 0.1) is 11.6 Å². The Morgan fingerprint density at radius 2 is 1.59 bits per heavy atom. The summed E-state index contributed by atoms with van der Waals surface area (Å²) < 4.78 is 29.6. The van der Waals surface area contributed by atoms with Crippen molar-refractivity contribution in [1.29, 1.82) is 0 Å². The van der Waals surface area contributed by atoms with Crippen LogP contribution in [0.25, 0.3) is 39.3 Å². The summed E-state index contributed by atoms with van der Waals surface area (Å²) in [5.41, 5.74) is 5.18. The topological polar surface area (TPSA) is 30.2 Å². The predicted molar refractivity (Wildman–Crippen MR) is 109 cm³/mol. The SMILES string of the molecule is Fc1cccc(-c2ccn3c(-c4ccnc(-c5ccccc5F)c4)cnc3c2)c1. The smallest absolute Gasteiger partial charge is 0.137 e. The highest BCUT2D eigenvalue weighted by atomic mass is 19.1. The Balaban J connectivity index is 1.58. The van der Waals surface area contributed by atoms with Gasteiger partial charge in [-0.2, -0.15) is 0 Å². The molecule has 0 atom stereocenters. The van der Waals surface area contributed by atoms with Gasteiger partial charge in [-0.05, 0) is 59.7 Å². The van der Waals surface area contributed by atoms with Gasteiger partial charge in [-0.15, -0.1) is 0 Å². The van der Waals surface area contributed by atoms with E-state index in [0.29, 0.717) is 11.3 Å². The maximum atomic E-state index is 14.2. The molecule has 5 heteroatoms. The summed E-state index contributed by atoms with van der Waals surface area (Å²) in [6.45, 7) is 0. The molecule has 0 aliphatic rings. The summed E-state index contributed by atoms with van der Waals surface area (Å²) in [7, 11) is 0. The van der Waals surface area contributed by atoms with Crippen LogP contribution in [0.15, 0.2) is 91.4 Å². The van der Waals surface area contributed by atoms with Crippen LogP contribution in [0.1, 0.15) is 0 Å². The third kappa shape index (κ3) is 3.17. The van der Waals surface area contributed by atoms with E-state index in [0.717, 1.165) is 28.0 Å². The number of imidazole rings is 1. The molecule has 0 radical (unpaired) electrons. The highest BCUT2D eigenvalue weighted by Crippen LogP contribution is 2.28. The molecule has 3 heterocycles. The molecule has 140 valence electrons. The molecule has 0 amide bonds. The lowest BCUT2D eigenvalue weighted by molar-refractivity contribution is 0.628. The Bertz CT molecular complexity index is 1340. The van der Waals surface area contributed by atoms with E-state index < -0.39 is 0 Å². The van der Waals surface area contributed by atoms with Gasteiger partial charge in [0.25, 0.3) is 0 Å². The standard InChI is InChI=1S/C24H15F2N3/c25-19-5-3-4-16(12-19)17-9-11-29-23(15-28-24(29)14-17)18-8-10-27-22(13-18)20-6-1-2-7-21(20)26/h1-15H. The molecule has 0 aliphatic heterocycles. The van der Waals surface area contributed by atoms with E-state index in [-0.39, 0.29) is 11.6 Å². The maximum absolute atomic E-state index is 14.2. The second-order valence-electron chi connectivity index (χ2n) is 6.71. The molecule has 0 aliphatic carbocycles. The molecule has 3 nitrogen and oxygen atoms in total. The number of aromatic nitrogens is 3. The van der Waals surface area contributed by atoms with Crippen LogP contribution in [0.5, 0.6) is 0 Å². The summed E-state index contributed by atoms with van der Waals surface area (Å²) in [4.78, 5) is 8.82. The highest BCUT2D eigenvalue weighted by Gasteiger charge is 2.11. The first-order valence-corrected chi connectivity index (χ1v) is 9.13. The first-order chi connectivity index (χ1) is 14.2. The van der Waals surface area contributed by atoms with Crippen LogP contribution in [0.3, 0.4) is 0 Å². The van der Waals surface area contributed by atoms with E-state index in [1.54, 1.807) is 36.7 Å². The lowest BCUT2D eigenvalue weighted by Crippen LogP contribution is -1.92. The fourth-order valence-electron chi connectivity index (χ4n) is 3.45. The van der Waals surface area contributed by atoms with Crippen molar-refractivity contribution in [2.75, 3.05) is 0 Å². The molecule has 0 bridgehead atoms. The predicted octanol–water partition coefficient (Wildman–Crippen LogP) is 6.01. The van der Waals surface area contributed by atoms with Crippen LogP contribution >= 0.6 is 0 Å². The minimum absolute atomic E-state index is 0.274. The molecule has 5 rings (SSSR count). The fraction of sp³-hybridized carbons (Fsp3) is 0. The molecule has 0 N–H and O–H groups in total. The lowest BCUT2D eigenvalue weighted by atomic mass is 10.1. The van der Waals surface area contributed by atoms with Crippen molar-refractivity contribution in [1.82, 2.24) is 14.4 Å². The average molecular weight is 383 g/mol. The van der Waals surface area contributed by atoms with Crippen molar-refractivity contribution in [3.05, 3.63) is 103 Å². The van der Waals surface area contributed by atoms with Crippen LogP contribution in [-0.2, 0) is 0 Å². The zero-order valence-electron chi connectivity index (χ0n) is 15.3. The molecular weight excluding hydrogens is 368 g/mol. The van der Waals surface area contributed by atoms with E-state index >= 15 is 0 Å². The molecule has 2 aromatic carbocycles. The van der Waals surface area contributed by atoms with Gasteiger partial charge in [-0.25, -0.2) is 13.8 Å². The summed E-state index contributed by atoms with van der Waals surface area (Å²) in [5, 5.41) is 0. The summed E-state index contributed by atoms with van der Waals surface area (Å²) in [6.07, 6.45) is 5.34. The Hall–Kier alpha value is -3.86. The Kier molecular flexibility index (Phi) is 4.13. The highest BCUT2D eigenvalue weighted by molar-refractivity contribution is 5.73. The Morgan fingerprint density at radius 3 is 2.45 bits per heavy atom. The normalized spacial score (nSPS) is 11.1. The van der Waals surface area contributed by atoms with Crippen LogP contribution in [0.2, 0.25) is 0 Å². The van der Waals surface area contributed by atoms with Crippen LogP contribution in [0.4, 0.5) is 8.78 Å². The first kappa shape index (κ1) is 17.3. The molecule has 0 unspecified atom stereocenters. The first-order valence-electron chi connectivity index (χ1n) is 9.13. The minimum Gasteiger partial charge on any atom is -0.300 e. The van der Waals surface area contributed by atoms with Gasteiger partial charge in [0.1, 0.15) is 17.3 Å². The second-order valence-corrected chi connectivity index (χ2v) is 6.71. The monoisotopic (exact) mass is 383 g/mol. The van der Waals surface area contributed by atoms with Gasteiger partial charge in [0, 0.05) is 23.5 Å². The number of halogens is 2. The van der Waals surface area contributed by atoms with Crippen molar-refractivity contribution < 1.29 is 8.78 Å². The number of hydrogen-bond acceptors (Lipinski definition) is 2. The average Bonchev–Trinajstić information content (AvgIpc) is 3.17. The fourth-order valence-corrected chi connectivity index (χ4v) is 3.45. The third-order valence-corrected chi connectivity index (χ3v) is 4.88. The van der Waals surface area contributed by atoms with Crippen molar-refractivity contribution in [3.63, 3.8) is 0 Å². The molecule has 0 fully saturated rings. The van der Waals surface area contributed by atoms with Crippen molar-refractivity contribution in [2.45, 2.75) is 0 Å². The number of hydrogen-bond donors (Lipinski definition) is 0. The number of rotatable bonds is 3. The van der Waals surface area contributed by atoms with Crippen LogP contribution < -0.4 is 0 Å². The largest absolute Gasteiger partial charge is 0.300 e. The van der Waals surface area contributed by atoms with Gasteiger partial charge in [-0.3, -0.25) is 9.38 Å². The summed E-state index contributed by atoms with van der Waals surface area (Å²) >= 11 is 0. The summed E-state index contributed by atoms with van der Waals surface area (Å²) in [6, 6.07) is 20.6. The van der Waals surface area contributed by atoms with Gasteiger partial charge in [0.2, 0.25) is 0 Å². The molecule has 0 saturated carbocycles. The van der Waals surface area contributed by atoms with Gasteiger partial charge in [-0.1, -0.05) is 24.3 Å². The van der Waals surface area contributed by atoms with E-state index in [9.17, 15) is 8.78 Å². The van der Waals surface area contributed by atoms with Crippen LogP contribution in [-0.4, -0.2) is 14.4 Å². The van der Waals surface area contributed by atoms with E-state index in [2.05, 4.69) is 9.97 Å². The Labute approximate surface area is 165 Å².